The molecule has 1 rings (SSSR count). The first-order chi connectivity index (χ1) is 7.45. The molecule has 0 saturated carbocycles. The monoisotopic (exact) mass is 229 g/mol. The van der Waals surface area contributed by atoms with Crippen LogP contribution in [-0.2, 0) is 4.74 Å². The molecule has 1 unspecified atom stereocenters. The van der Waals surface area contributed by atoms with Crippen LogP contribution < -0.4 is 5.73 Å². The highest BCUT2D eigenvalue weighted by atomic mass is 19.1. The molecule has 3 nitrogen and oxygen atoms in total. The highest BCUT2D eigenvalue weighted by Crippen LogP contribution is 2.18. The molecule has 0 spiro atoms. The Morgan fingerprint density at radius 3 is 2.62 bits per heavy atom. The van der Waals surface area contributed by atoms with Crippen LogP contribution in [0.25, 0.3) is 0 Å². The molecule has 0 bridgehead atoms. The third-order valence-corrected chi connectivity index (χ3v) is 2.19. The zero-order valence-electron chi connectivity index (χ0n) is 9.09. The quantitative estimate of drug-likeness (QED) is 0.640. The summed E-state index contributed by atoms with van der Waals surface area (Å²) >= 11 is 0. The van der Waals surface area contributed by atoms with Crippen molar-refractivity contribution >= 4 is 11.7 Å². The number of nitrogen functional groups attached to an aromatic ring is 1. The maximum absolute atomic E-state index is 13.2. The van der Waals surface area contributed by atoms with Crippen molar-refractivity contribution in [3.05, 3.63) is 29.3 Å². The minimum Gasteiger partial charge on any atom is -0.459 e. The first-order valence-corrected chi connectivity index (χ1v) is 4.91. The average molecular weight is 229 g/mol. The largest absolute Gasteiger partial charge is 0.459 e. The van der Waals surface area contributed by atoms with Gasteiger partial charge < -0.3 is 10.5 Å². The predicted molar refractivity (Wildman–Crippen MR) is 55.9 cm³/mol. The summed E-state index contributed by atoms with van der Waals surface area (Å²) in [5.74, 6) is -2.70. The van der Waals surface area contributed by atoms with E-state index in [0.717, 1.165) is 6.07 Å². The molecule has 0 radical (unpaired) electrons. The van der Waals surface area contributed by atoms with Crippen LogP contribution >= 0.6 is 0 Å². The Balaban J connectivity index is 2.96. The molecule has 5 heteroatoms. The number of carbonyl (C=O) groups excluding carboxylic acids is 1. The van der Waals surface area contributed by atoms with Gasteiger partial charge in [0.1, 0.15) is 11.6 Å². The molecule has 0 aliphatic heterocycles. The molecule has 0 aliphatic carbocycles. The van der Waals surface area contributed by atoms with Gasteiger partial charge in [-0.1, -0.05) is 6.92 Å². The number of hydrogen-bond donors (Lipinski definition) is 1. The van der Waals surface area contributed by atoms with Crippen molar-refractivity contribution in [3.63, 3.8) is 0 Å². The van der Waals surface area contributed by atoms with Gasteiger partial charge in [0.05, 0.1) is 17.4 Å². The second-order valence-corrected chi connectivity index (χ2v) is 3.48. The van der Waals surface area contributed by atoms with Crippen LogP contribution in [-0.4, -0.2) is 12.1 Å². The van der Waals surface area contributed by atoms with Gasteiger partial charge in [-0.05, 0) is 19.4 Å². The lowest BCUT2D eigenvalue weighted by Crippen LogP contribution is -2.15. The van der Waals surface area contributed by atoms with Crippen LogP contribution in [0.3, 0.4) is 0 Å². The molecule has 0 aromatic heterocycles. The summed E-state index contributed by atoms with van der Waals surface area (Å²) in [5.41, 5.74) is 4.61. The number of nitrogens with two attached hydrogens (primary N) is 1. The van der Waals surface area contributed by atoms with E-state index < -0.39 is 17.6 Å². The summed E-state index contributed by atoms with van der Waals surface area (Å²) in [6.45, 7) is 3.51. The van der Waals surface area contributed by atoms with E-state index in [9.17, 15) is 13.6 Å². The minimum atomic E-state index is -0.972. The zero-order valence-corrected chi connectivity index (χ0v) is 9.09. The van der Waals surface area contributed by atoms with E-state index in [0.29, 0.717) is 12.5 Å². The fraction of sp³-hybridized carbons (Fsp3) is 0.364. The molecular formula is C11H13F2NO2. The van der Waals surface area contributed by atoms with Gasteiger partial charge in [-0.25, -0.2) is 13.6 Å². The van der Waals surface area contributed by atoms with Crippen LogP contribution in [0.15, 0.2) is 12.1 Å². The summed E-state index contributed by atoms with van der Waals surface area (Å²) in [6, 6.07) is 1.51. The van der Waals surface area contributed by atoms with E-state index in [1.54, 1.807) is 6.92 Å². The Bertz CT molecular complexity index is 407. The first-order valence-electron chi connectivity index (χ1n) is 4.91. The molecule has 0 amide bonds. The van der Waals surface area contributed by atoms with Crippen molar-refractivity contribution in [2.75, 3.05) is 5.73 Å². The van der Waals surface area contributed by atoms with Gasteiger partial charge in [-0.3, -0.25) is 0 Å². The Morgan fingerprint density at radius 2 is 2.06 bits per heavy atom. The van der Waals surface area contributed by atoms with Gasteiger partial charge in [0, 0.05) is 6.07 Å². The average Bonchev–Trinajstić information content (AvgIpc) is 2.23. The summed E-state index contributed by atoms with van der Waals surface area (Å²) in [7, 11) is 0. The summed E-state index contributed by atoms with van der Waals surface area (Å²) in [6.07, 6.45) is 0.294. The lowest BCUT2D eigenvalue weighted by Gasteiger charge is -2.11. The zero-order chi connectivity index (χ0) is 12.3. The van der Waals surface area contributed by atoms with Crippen molar-refractivity contribution < 1.29 is 18.3 Å². The lowest BCUT2D eigenvalue weighted by molar-refractivity contribution is 0.0329. The SMILES string of the molecule is CCC(C)OC(=O)c1cc(N)c(F)cc1F. The number of ether oxygens (including phenoxy) is 1. The first kappa shape index (κ1) is 12.4. The third kappa shape index (κ3) is 2.68. The molecule has 1 aromatic rings. The smallest absolute Gasteiger partial charge is 0.341 e. The number of halogens is 2. The summed E-state index contributed by atoms with van der Waals surface area (Å²) < 4.78 is 31.0. The molecule has 88 valence electrons. The van der Waals surface area contributed by atoms with Crippen molar-refractivity contribution in [1.29, 1.82) is 0 Å². The molecule has 0 saturated heterocycles. The fourth-order valence-corrected chi connectivity index (χ4v) is 1.05. The Kier molecular flexibility index (Phi) is 3.82. The van der Waals surface area contributed by atoms with Crippen LogP contribution in [0, 0.1) is 11.6 Å². The van der Waals surface area contributed by atoms with E-state index in [2.05, 4.69) is 0 Å². The Labute approximate surface area is 92.2 Å². The Morgan fingerprint density at radius 1 is 1.44 bits per heavy atom. The summed E-state index contributed by atoms with van der Waals surface area (Å²) in [4.78, 5) is 11.5. The molecule has 0 fully saturated rings. The minimum absolute atomic E-state index is 0.280. The third-order valence-electron chi connectivity index (χ3n) is 2.19. The van der Waals surface area contributed by atoms with Gasteiger partial charge in [0.2, 0.25) is 0 Å². The lowest BCUT2D eigenvalue weighted by atomic mass is 10.2. The molecule has 1 aromatic carbocycles. The predicted octanol–water partition coefficient (Wildman–Crippen LogP) is 2.50. The molecule has 0 heterocycles. The molecule has 2 N–H and O–H groups in total. The molecule has 16 heavy (non-hydrogen) atoms. The van der Waals surface area contributed by atoms with E-state index in [1.807, 2.05) is 6.92 Å². The van der Waals surface area contributed by atoms with E-state index >= 15 is 0 Å². The topological polar surface area (TPSA) is 52.3 Å². The highest BCUT2D eigenvalue weighted by Gasteiger charge is 2.17. The molecule has 0 aliphatic rings. The van der Waals surface area contributed by atoms with Gasteiger partial charge in [-0.15, -0.1) is 0 Å². The maximum Gasteiger partial charge on any atom is 0.341 e. The van der Waals surface area contributed by atoms with Crippen molar-refractivity contribution in [2.24, 2.45) is 0 Å². The number of carbonyl (C=O) groups is 1. The van der Waals surface area contributed by atoms with E-state index in [1.165, 1.54) is 0 Å². The van der Waals surface area contributed by atoms with Crippen molar-refractivity contribution in [3.8, 4) is 0 Å². The highest BCUT2D eigenvalue weighted by molar-refractivity contribution is 5.90. The van der Waals surface area contributed by atoms with E-state index in [-0.39, 0.29) is 17.4 Å². The molecular weight excluding hydrogens is 216 g/mol. The maximum atomic E-state index is 13.2. The summed E-state index contributed by atoms with van der Waals surface area (Å²) in [5, 5.41) is 0. The molecule has 1 atom stereocenters. The second kappa shape index (κ2) is 4.92. The van der Waals surface area contributed by atoms with Gasteiger partial charge in [0.15, 0.2) is 0 Å². The second-order valence-electron chi connectivity index (χ2n) is 3.48. The van der Waals surface area contributed by atoms with Gasteiger partial charge in [0.25, 0.3) is 0 Å². The van der Waals surface area contributed by atoms with E-state index in [4.69, 9.17) is 10.5 Å². The van der Waals surface area contributed by atoms with Crippen LogP contribution in [0.5, 0.6) is 0 Å². The number of rotatable bonds is 3. The fourth-order valence-electron chi connectivity index (χ4n) is 1.05. The van der Waals surface area contributed by atoms with Gasteiger partial charge in [-0.2, -0.15) is 0 Å². The van der Waals surface area contributed by atoms with Crippen molar-refractivity contribution in [1.82, 2.24) is 0 Å². The van der Waals surface area contributed by atoms with Crippen LogP contribution in [0.4, 0.5) is 14.5 Å². The van der Waals surface area contributed by atoms with Crippen molar-refractivity contribution in [2.45, 2.75) is 26.4 Å². The van der Waals surface area contributed by atoms with Crippen LogP contribution in [0.2, 0.25) is 0 Å². The number of hydrogen-bond acceptors (Lipinski definition) is 3. The standard InChI is InChI=1S/C11H13F2NO2/c1-3-6(2)16-11(15)7-4-10(14)9(13)5-8(7)12/h4-6H,3,14H2,1-2H3. The van der Waals surface area contributed by atoms with Crippen LogP contribution in [0.1, 0.15) is 30.6 Å². The van der Waals surface area contributed by atoms with Gasteiger partial charge >= 0.3 is 5.97 Å². The number of anilines is 1. The Hall–Kier alpha value is -1.65. The number of esters is 1. The number of benzene rings is 1. The normalized spacial score (nSPS) is 12.2.